The van der Waals surface area contributed by atoms with Crippen LogP contribution >= 0.6 is 11.6 Å². The van der Waals surface area contributed by atoms with Crippen LogP contribution in [-0.4, -0.2) is 35.7 Å². The molecule has 2 heterocycles. The second-order valence-electron chi connectivity index (χ2n) is 5.86. The Balaban J connectivity index is 2.02. The first-order valence-electron chi connectivity index (χ1n) is 7.19. The third-order valence-electron chi connectivity index (χ3n) is 4.45. The lowest BCUT2D eigenvalue weighted by Crippen LogP contribution is -2.62. The van der Waals surface area contributed by atoms with E-state index < -0.39 is 17.5 Å². The quantitative estimate of drug-likeness (QED) is 0.835. The van der Waals surface area contributed by atoms with E-state index in [1.54, 1.807) is 11.0 Å². The molecule has 2 aliphatic rings. The molecule has 1 unspecified atom stereocenters. The van der Waals surface area contributed by atoms with Crippen molar-refractivity contribution in [3.8, 4) is 0 Å². The van der Waals surface area contributed by atoms with E-state index >= 15 is 0 Å². The van der Waals surface area contributed by atoms with E-state index in [2.05, 4.69) is 5.32 Å². The van der Waals surface area contributed by atoms with Gasteiger partial charge in [-0.25, -0.2) is 4.39 Å². The molecule has 2 N–H and O–H groups in total. The lowest BCUT2D eigenvalue weighted by Gasteiger charge is -2.50. The van der Waals surface area contributed by atoms with Gasteiger partial charge in [-0.3, -0.25) is 4.79 Å². The highest BCUT2D eigenvalue weighted by molar-refractivity contribution is 6.30. The highest BCUT2D eigenvalue weighted by Gasteiger charge is 2.46. The normalized spacial score (nSPS) is 25.4. The van der Waals surface area contributed by atoms with Gasteiger partial charge in [0.15, 0.2) is 0 Å². The van der Waals surface area contributed by atoms with Crippen LogP contribution in [0.2, 0.25) is 5.02 Å². The zero-order valence-electron chi connectivity index (χ0n) is 11.6. The number of carbonyl (C=O) groups excluding carboxylic acids is 1. The number of aliphatic hydroxyl groups is 1. The first kappa shape index (κ1) is 14.8. The summed E-state index contributed by atoms with van der Waals surface area (Å²) in [4.78, 5) is 14.1. The molecule has 1 spiro atoms. The zero-order valence-corrected chi connectivity index (χ0v) is 12.4. The van der Waals surface area contributed by atoms with Crippen LogP contribution in [0, 0.1) is 5.82 Å². The Bertz CT molecular complexity index is 561. The van der Waals surface area contributed by atoms with Gasteiger partial charge in [-0.2, -0.15) is 0 Å². The summed E-state index contributed by atoms with van der Waals surface area (Å²) in [6, 6.07) is 4.45. The predicted molar refractivity (Wildman–Crippen MR) is 79.0 cm³/mol. The molecule has 0 aromatic heterocycles. The average molecular weight is 313 g/mol. The molecule has 2 aliphatic heterocycles. The second-order valence-corrected chi connectivity index (χ2v) is 6.27. The second kappa shape index (κ2) is 5.55. The molecule has 2 saturated heterocycles. The topological polar surface area (TPSA) is 52.6 Å². The lowest BCUT2D eigenvalue weighted by atomic mass is 9.77. The summed E-state index contributed by atoms with van der Waals surface area (Å²) in [5.74, 6) is -0.686. The Labute approximate surface area is 127 Å². The molecule has 0 bridgehead atoms. The smallest absolute Gasteiger partial charge is 0.230 e. The van der Waals surface area contributed by atoms with Crippen molar-refractivity contribution in [2.24, 2.45) is 0 Å². The molecule has 0 radical (unpaired) electrons. The van der Waals surface area contributed by atoms with E-state index in [1.807, 2.05) is 0 Å². The van der Waals surface area contributed by atoms with E-state index in [9.17, 15) is 14.3 Å². The molecule has 1 aromatic rings. The first-order chi connectivity index (χ1) is 10.0. The maximum atomic E-state index is 13.8. The van der Waals surface area contributed by atoms with Gasteiger partial charge in [0.05, 0.1) is 23.1 Å². The number of rotatable bonds is 1. The van der Waals surface area contributed by atoms with Crippen molar-refractivity contribution in [1.29, 1.82) is 0 Å². The van der Waals surface area contributed by atoms with Gasteiger partial charge >= 0.3 is 0 Å². The van der Waals surface area contributed by atoms with E-state index in [1.165, 1.54) is 12.1 Å². The van der Waals surface area contributed by atoms with Gasteiger partial charge in [-0.1, -0.05) is 11.6 Å². The molecule has 1 aromatic carbocycles. The third kappa shape index (κ3) is 2.65. The van der Waals surface area contributed by atoms with E-state index in [-0.39, 0.29) is 17.4 Å². The minimum atomic E-state index is -0.621. The highest BCUT2D eigenvalue weighted by atomic mass is 35.5. The third-order valence-corrected chi connectivity index (χ3v) is 4.75. The monoisotopic (exact) mass is 312 g/mol. The van der Waals surface area contributed by atoms with Gasteiger partial charge in [0.2, 0.25) is 5.91 Å². The Morgan fingerprint density at radius 1 is 1.38 bits per heavy atom. The Morgan fingerprint density at radius 3 is 2.76 bits per heavy atom. The maximum Gasteiger partial charge on any atom is 0.230 e. The van der Waals surface area contributed by atoms with Crippen molar-refractivity contribution in [3.05, 3.63) is 29.0 Å². The van der Waals surface area contributed by atoms with Crippen molar-refractivity contribution < 1.29 is 14.3 Å². The summed E-state index contributed by atoms with van der Waals surface area (Å²) in [6.07, 6.45) is 1.49. The summed E-state index contributed by atoms with van der Waals surface area (Å²) in [6.45, 7) is 1.57. The number of amides is 1. The summed E-state index contributed by atoms with van der Waals surface area (Å²) in [5.41, 5.74) is 0.0935. The standard InChI is InChI=1S/C15H18ClFN2O2/c16-12-2-1-10(7-13(12)17)19-14(21)8-11(20)9-15(19)3-5-18-6-4-15/h1-2,7,11,18,20H,3-6,8-9H2. The van der Waals surface area contributed by atoms with Gasteiger partial charge in [0.1, 0.15) is 5.82 Å². The van der Waals surface area contributed by atoms with Crippen LogP contribution in [0.3, 0.4) is 0 Å². The number of nitrogens with one attached hydrogen (secondary N) is 1. The molecule has 6 heteroatoms. The Kier molecular flexibility index (Phi) is 3.90. The van der Waals surface area contributed by atoms with E-state index in [4.69, 9.17) is 11.6 Å². The number of hydrogen-bond donors (Lipinski definition) is 2. The lowest BCUT2D eigenvalue weighted by molar-refractivity contribution is -0.125. The van der Waals surface area contributed by atoms with Crippen molar-refractivity contribution in [3.63, 3.8) is 0 Å². The maximum absolute atomic E-state index is 13.8. The molecule has 1 amide bonds. The molecule has 21 heavy (non-hydrogen) atoms. The molecular weight excluding hydrogens is 295 g/mol. The van der Waals surface area contributed by atoms with Crippen LogP contribution in [0.4, 0.5) is 10.1 Å². The van der Waals surface area contributed by atoms with Crippen LogP contribution < -0.4 is 10.2 Å². The predicted octanol–water partition coefficient (Wildman–Crippen LogP) is 2.09. The van der Waals surface area contributed by atoms with Gasteiger partial charge < -0.3 is 15.3 Å². The van der Waals surface area contributed by atoms with Crippen LogP contribution in [-0.2, 0) is 4.79 Å². The van der Waals surface area contributed by atoms with Crippen molar-refractivity contribution in [2.45, 2.75) is 37.3 Å². The van der Waals surface area contributed by atoms with E-state index in [0.717, 1.165) is 25.9 Å². The molecule has 2 fully saturated rings. The fourth-order valence-corrected chi connectivity index (χ4v) is 3.64. The summed E-state index contributed by atoms with van der Waals surface area (Å²) in [5, 5.41) is 13.3. The molecular formula is C15H18ClFN2O2. The molecule has 0 saturated carbocycles. The van der Waals surface area contributed by atoms with Crippen molar-refractivity contribution in [1.82, 2.24) is 5.32 Å². The first-order valence-corrected chi connectivity index (χ1v) is 7.56. The molecule has 1 atom stereocenters. The number of halogens is 2. The largest absolute Gasteiger partial charge is 0.393 e. The highest BCUT2D eigenvalue weighted by Crippen LogP contribution is 2.40. The zero-order chi connectivity index (χ0) is 15.0. The molecule has 114 valence electrons. The van der Waals surface area contributed by atoms with Gasteiger partial charge in [0, 0.05) is 5.69 Å². The molecule has 4 nitrogen and oxygen atoms in total. The fourth-order valence-electron chi connectivity index (χ4n) is 3.52. The van der Waals surface area contributed by atoms with Gasteiger partial charge in [-0.15, -0.1) is 0 Å². The molecule has 0 aliphatic carbocycles. The summed E-state index contributed by atoms with van der Waals surface area (Å²) >= 11 is 5.73. The number of anilines is 1. The van der Waals surface area contributed by atoms with Crippen LogP contribution in [0.5, 0.6) is 0 Å². The Hall–Kier alpha value is -1.17. The summed E-state index contributed by atoms with van der Waals surface area (Å²) in [7, 11) is 0. The Morgan fingerprint density at radius 2 is 2.10 bits per heavy atom. The van der Waals surface area contributed by atoms with Gasteiger partial charge in [0.25, 0.3) is 0 Å². The number of aliphatic hydroxyl groups excluding tert-OH is 1. The number of piperidine rings is 2. The molecule has 3 rings (SSSR count). The number of hydrogen-bond acceptors (Lipinski definition) is 3. The van der Waals surface area contributed by atoms with Gasteiger partial charge in [-0.05, 0) is 50.6 Å². The SMILES string of the molecule is O=C1CC(O)CC2(CCNCC2)N1c1ccc(Cl)c(F)c1. The van der Waals surface area contributed by atoms with E-state index in [0.29, 0.717) is 12.1 Å². The minimum Gasteiger partial charge on any atom is -0.393 e. The van der Waals surface area contributed by atoms with Crippen LogP contribution in [0.25, 0.3) is 0 Å². The summed E-state index contributed by atoms with van der Waals surface area (Å²) < 4.78 is 13.8. The average Bonchev–Trinajstić information content (AvgIpc) is 2.42. The van der Waals surface area contributed by atoms with Crippen LogP contribution in [0.15, 0.2) is 18.2 Å². The minimum absolute atomic E-state index is 0.0441. The number of benzene rings is 1. The number of carbonyl (C=O) groups is 1. The van der Waals surface area contributed by atoms with Crippen LogP contribution in [0.1, 0.15) is 25.7 Å². The fraction of sp³-hybridized carbons (Fsp3) is 0.533. The van der Waals surface area contributed by atoms with Crippen molar-refractivity contribution >= 4 is 23.2 Å². The number of nitrogens with zero attached hydrogens (tertiary/aromatic N) is 1. The van der Waals surface area contributed by atoms with Crippen molar-refractivity contribution in [2.75, 3.05) is 18.0 Å².